The summed E-state index contributed by atoms with van der Waals surface area (Å²) in [6.07, 6.45) is 0. The first-order chi connectivity index (χ1) is 15.6. The SMILES string of the molecule is O=C(Nc1c2c(nn1-c1cccc(Cl)c1)CSC2)c1ccc(C(=O)c2ccccc2)cc1. The van der Waals surface area contributed by atoms with E-state index in [1.807, 2.05) is 36.4 Å². The van der Waals surface area contributed by atoms with Crippen LogP contribution in [0.2, 0.25) is 5.02 Å². The third-order valence-electron chi connectivity index (χ3n) is 5.28. The molecule has 2 heterocycles. The van der Waals surface area contributed by atoms with E-state index in [-0.39, 0.29) is 11.7 Å². The highest BCUT2D eigenvalue weighted by atomic mass is 35.5. The number of hydrogen-bond donors (Lipinski definition) is 1. The monoisotopic (exact) mass is 459 g/mol. The lowest BCUT2D eigenvalue weighted by atomic mass is 10.0. The molecule has 0 fully saturated rings. The smallest absolute Gasteiger partial charge is 0.256 e. The van der Waals surface area contributed by atoms with Gasteiger partial charge in [0, 0.05) is 38.8 Å². The second-order valence-electron chi connectivity index (χ2n) is 7.38. The molecule has 1 amide bonds. The van der Waals surface area contributed by atoms with Gasteiger partial charge < -0.3 is 5.32 Å². The molecule has 0 unspecified atom stereocenters. The predicted octanol–water partition coefficient (Wildman–Crippen LogP) is 5.76. The number of rotatable bonds is 5. The number of benzene rings is 3. The standard InChI is InChI=1S/C25H18ClN3O2S/c26-19-7-4-8-20(13-19)29-24(21-14-32-15-22(21)28-29)27-25(31)18-11-9-17(10-12-18)23(30)16-5-2-1-3-6-16/h1-13H,14-15H2,(H,27,31). The van der Waals surface area contributed by atoms with E-state index in [1.54, 1.807) is 58.9 Å². The van der Waals surface area contributed by atoms with Crippen molar-refractivity contribution in [1.82, 2.24) is 9.78 Å². The zero-order chi connectivity index (χ0) is 22.1. The van der Waals surface area contributed by atoms with Gasteiger partial charge >= 0.3 is 0 Å². The van der Waals surface area contributed by atoms with E-state index < -0.39 is 0 Å². The molecular formula is C25H18ClN3O2S. The van der Waals surface area contributed by atoms with Crippen LogP contribution in [-0.2, 0) is 11.5 Å². The molecule has 0 saturated carbocycles. The molecule has 0 saturated heterocycles. The number of thioether (sulfide) groups is 1. The molecule has 1 aliphatic heterocycles. The average molecular weight is 460 g/mol. The van der Waals surface area contributed by atoms with Crippen LogP contribution in [0.1, 0.15) is 37.5 Å². The molecule has 5 nitrogen and oxygen atoms in total. The second-order valence-corrected chi connectivity index (χ2v) is 8.81. The molecule has 32 heavy (non-hydrogen) atoms. The normalized spacial score (nSPS) is 12.4. The van der Waals surface area contributed by atoms with Crippen molar-refractivity contribution in [3.05, 3.63) is 112 Å². The first kappa shape index (κ1) is 20.5. The number of hydrogen-bond acceptors (Lipinski definition) is 4. The Bertz CT molecular complexity index is 1320. The number of carbonyl (C=O) groups excluding carboxylic acids is 2. The first-order valence-electron chi connectivity index (χ1n) is 10.1. The molecule has 158 valence electrons. The summed E-state index contributed by atoms with van der Waals surface area (Å²) < 4.78 is 1.74. The molecule has 0 aliphatic carbocycles. The Kier molecular flexibility index (Phi) is 5.55. The van der Waals surface area contributed by atoms with E-state index in [2.05, 4.69) is 5.32 Å². The lowest BCUT2D eigenvalue weighted by Gasteiger charge is -2.11. The van der Waals surface area contributed by atoms with Gasteiger partial charge in [0.15, 0.2) is 5.78 Å². The zero-order valence-electron chi connectivity index (χ0n) is 16.9. The number of ketones is 1. The van der Waals surface area contributed by atoms with E-state index in [4.69, 9.17) is 16.7 Å². The molecule has 0 radical (unpaired) electrons. The molecule has 1 aliphatic rings. The maximum absolute atomic E-state index is 13.0. The Morgan fingerprint density at radius 3 is 2.34 bits per heavy atom. The van der Waals surface area contributed by atoms with E-state index in [0.29, 0.717) is 27.5 Å². The average Bonchev–Trinajstić information content (AvgIpc) is 3.42. The van der Waals surface area contributed by atoms with Crippen molar-refractivity contribution in [3.63, 3.8) is 0 Å². The van der Waals surface area contributed by atoms with Crippen LogP contribution < -0.4 is 5.32 Å². The van der Waals surface area contributed by atoms with Gasteiger partial charge in [0.25, 0.3) is 5.91 Å². The highest BCUT2D eigenvalue weighted by Crippen LogP contribution is 2.36. The summed E-state index contributed by atoms with van der Waals surface area (Å²) in [4.78, 5) is 25.7. The molecule has 1 N–H and O–H groups in total. The Morgan fingerprint density at radius 2 is 1.59 bits per heavy atom. The molecule has 4 aromatic rings. The number of carbonyl (C=O) groups is 2. The van der Waals surface area contributed by atoms with Crippen molar-refractivity contribution >= 4 is 40.9 Å². The van der Waals surface area contributed by atoms with Crippen LogP contribution in [0.25, 0.3) is 5.69 Å². The van der Waals surface area contributed by atoms with Crippen molar-refractivity contribution in [2.24, 2.45) is 0 Å². The molecule has 1 aromatic heterocycles. The summed E-state index contributed by atoms with van der Waals surface area (Å²) in [5, 5.41) is 8.32. The lowest BCUT2D eigenvalue weighted by molar-refractivity contribution is 0.101. The largest absolute Gasteiger partial charge is 0.306 e. The Balaban J connectivity index is 1.41. The van der Waals surface area contributed by atoms with Crippen LogP contribution in [-0.4, -0.2) is 21.5 Å². The van der Waals surface area contributed by atoms with E-state index in [9.17, 15) is 9.59 Å². The van der Waals surface area contributed by atoms with Crippen molar-refractivity contribution in [2.75, 3.05) is 5.32 Å². The van der Waals surface area contributed by atoms with Gasteiger partial charge in [0.2, 0.25) is 0 Å². The summed E-state index contributed by atoms with van der Waals surface area (Å²) in [6, 6.07) is 23.1. The van der Waals surface area contributed by atoms with E-state index in [1.165, 1.54) is 0 Å². The van der Waals surface area contributed by atoms with Gasteiger partial charge in [0.05, 0.1) is 11.4 Å². The molecule has 7 heteroatoms. The fourth-order valence-corrected chi connectivity index (χ4v) is 4.86. The van der Waals surface area contributed by atoms with Crippen molar-refractivity contribution in [2.45, 2.75) is 11.5 Å². The Labute approximate surface area is 194 Å². The minimum absolute atomic E-state index is 0.0774. The number of nitrogens with zero attached hydrogens (tertiary/aromatic N) is 2. The highest BCUT2D eigenvalue weighted by molar-refractivity contribution is 7.98. The number of anilines is 1. The molecule has 5 rings (SSSR count). The van der Waals surface area contributed by atoms with Gasteiger partial charge in [-0.15, -0.1) is 0 Å². The van der Waals surface area contributed by atoms with Gasteiger partial charge in [-0.2, -0.15) is 16.9 Å². The van der Waals surface area contributed by atoms with Gasteiger partial charge in [0.1, 0.15) is 5.82 Å². The van der Waals surface area contributed by atoms with Crippen molar-refractivity contribution in [1.29, 1.82) is 0 Å². The predicted molar refractivity (Wildman–Crippen MR) is 128 cm³/mol. The van der Waals surface area contributed by atoms with Crippen LogP contribution >= 0.6 is 23.4 Å². The van der Waals surface area contributed by atoms with Crippen LogP contribution in [0.15, 0.2) is 78.9 Å². The molecule has 0 atom stereocenters. The summed E-state index contributed by atoms with van der Waals surface area (Å²) >= 11 is 7.93. The summed E-state index contributed by atoms with van der Waals surface area (Å²) in [5.74, 6) is 1.91. The summed E-state index contributed by atoms with van der Waals surface area (Å²) in [7, 11) is 0. The zero-order valence-corrected chi connectivity index (χ0v) is 18.5. The molecule has 3 aromatic carbocycles. The summed E-state index contributed by atoms with van der Waals surface area (Å²) in [6.45, 7) is 0. The maximum atomic E-state index is 13.0. The Morgan fingerprint density at radius 1 is 0.875 bits per heavy atom. The number of fused-ring (bicyclic) bond motifs is 1. The van der Waals surface area contributed by atoms with Crippen molar-refractivity contribution in [3.8, 4) is 5.69 Å². The van der Waals surface area contributed by atoms with Crippen LogP contribution in [0.5, 0.6) is 0 Å². The number of aromatic nitrogens is 2. The molecular weight excluding hydrogens is 442 g/mol. The van der Waals surface area contributed by atoms with Crippen LogP contribution in [0, 0.1) is 0 Å². The number of amides is 1. The second kappa shape index (κ2) is 8.65. The first-order valence-corrected chi connectivity index (χ1v) is 11.6. The number of halogens is 1. The number of nitrogens with one attached hydrogen (secondary N) is 1. The van der Waals surface area contributed by atoms with Crippen LogP contribution in [0.3, 0.4) is 0 Å². The fraction of sp³-hybridized carbons (Fsp3) is 0.0800. The third-order valence-corrected chi connectivity index (χ3v) is 6.49. The maximum Gasteiger partial charge on any atom is 0.256 e. The van der Waals surface area contributed by atoms with E-state index in [0.717, 1.165) is 28.5 Å². The molecule has 0 bridgehead atoms. The lowest BCUT2D eigenvalue weighted by Crippen LogP contribution is -2.16. The van der Waals surface area contributed by atoms with Crippen molar-refractivity contribution < 1.29 is 9.59 Å². The third kappa shape index (κ3) is 3.95. The highest BCUT2D eigenvalue weighted by Gasteiger charge is 2.25. The minimum Gasteiger partial charge on any atom is -0.306 e. The quantitative estimate of drug-likeness (QED) is 0.385. The van der Waals surface area contributed by atoms with Gasteiger partial charge in [-0.05, 0) is 30.3 Å². The van der Waals surface area contributed by atoms with Gasteiger partial charge in [-0.1, -0.05) is 60.1 Å². The topological polar surface area (TPSA) is 64.0 Å². The van der Waals surface area contributed by atoms with E-state index >= 15 is 0 Å². The molecule has 0 spiro atoms. The summed E-state index contributed by atoms with van der Waals surface area (Å²) in [5.41, 5.74) is 4.40. The Hall–Kier alpha value is -3.35. The van der Waals surface area contributed by atoms with Crippen LogP contribution in [0.4, 0.5) is 5.82 Å². The van der Waals surface area contributed by atoms with Gasteiger partial charge in [-0.25, -0.2) is 4.68 Å². The minimum atomic E-state index is -0.258. The fourth-order valence-electron chi connectivity index (χ4n) is 3.64. The van der Waals surface area contributed by atoms with Gasteiger partial charge in [-0.3, -0.25) is 9.59 Å².